The smallest absolute Gasteiger partial charge is 0.167 e. The number of rotatable bonds is 1. The molecular weight excluding hydrogens is 243 g/mol. The van der Waals surface area contributed by atoms with E-state index in [2.05, 4.69) is 14.5 Å². The van der Waals surface area contributed by atoms with E-state index >= 15 is 0 Å². The van der Waals surface area contributed by atoms with Crippen molar-refractivity contribution in [2.24, 2.45) is 0 Å². The maximum absolute atomic E-state index is 13.7. The van der Waals surface area contributed by atoms with E-state index in [1.807, 2.05) is 11.1 Å². The SMILES string of the molecule is Fc1cc(Cl)cnc1N1CCn2ccnc2C1. The highest BCUT2D eigenvalue weighted by molar-refractivity contribution is 6.30. The van der Waals surface area contributed by atoms with Gasteiger partial charge in [-0.15, -0.1) is 0 Å². The molecule has 0 radical (unpaired) electrons. The van der Waals surface area contributed by atoms with Crippen LogP contribution in [0.3, 0.4) is 0 Å². The first-order valence-electron chi connectivity index (χ1n) is 5.30. The van der Waals surface area contributed by atoms with Gasteiger partial charge in [0.2, 0.25) is 0 Å². The van der Waals surface area contributed by atoms with Gasteiger partial charge < -0.3 is 9.47 Å². The Morgan fingerprint density at radius 3 is 3.00 bits per heavy atom. The van der Waals surface area contributed by atoms with Crippen molar-refractivity contribution in [2.45, 2.75) is 13.1 Å². The summed E-state index contributed by atoms with van der Waals surface area (Å²) in [7, 11) is 0. The molecule has 0 N–H and O–H groups in total. The van der Waals surface area contributed by atoms with Crippen LogP contribution in [0.1, 0.15) is 5.82 Å². The number of imidazole rings is 1. The fraction of sp³-hybridized carbons (Fsp3) is 0.273. The zero-order chi connectivity index (χ0) is 11.8. The molecule has 3 rings (SSSR count). The first-order chi connectivity index (χ1) is 8.24. The van der Waals surface area contributed by atoms with E-state index in [1.165, 1.54) is 12.3 Å². The minimum Gasteiger partial charge on any atom is -0.345 e. The lowest BCUT2D eigenvalue weighted by Gasteiger charge is -2.28. The molecule has 1 aliphatic heterocycles. The molecule has 88 valence electrons. The van der Waals surface area contributed by atoms with Crippen molar-refractivity contribution in [3.63, 3.8) is 0 Å². The van der Waals surface area contributed by atoms with E-state index in [4.69, 9.17) is 11.6 Å². The monoisotopic (exact) mass is 252 g/mol. The average Bonchev–Trinajstić information content (AvgIpc) is 2.75. The van der Waals surface area contributed by atoms with Gasteiger partial charge in [0.15, 0.2) is 11.6 Å². The number of hydrogen-bond acceptors (Lipinski definition) is 3. The minimum atomic E-state index is -0.391. The maximum atomic E-state index is 13.7. The Balaban J connectivity index is 1.91. The van der Waals surface area contributed by atoms with E-state index in [0.717, 1.165) is 18.9 Å². The van der Waals surface area contributed by atoms with Crippen LogP contribution in [-0.4, -0.2) is 21.1 Å². The number of halogens is 2. The second-order valence-corrected chi connectivity index (χ2v) is 4.35. The van der Waals surface area contributed by atoms with E-state index in [9.17, 15) is 4.39 Å². The zero-order valence-electron chi connectivity index (χ0n) is 8.98. The lowest BCUT2D eigenvalue weighted by Crippen LogP contribution is -2.34. The van der Waals surface area contributed by atoms with Crippen molar-refractivity contribution in [1.29, 1.82) is 0 Å². The Morgan fingerprint density at radius 2 is 2.18 bits per heavy atom. The van der Waals surface area contributed by atoms with Gasteiger partial charge in [0, 0.05) is 31.7 Å². The van der Waals surface area contributed by atoms with E-state index in [1.54, 1.807) is 6.20 Å². The van der Waals surface area contributed by atoms with Crippen LogP contribution in [0.25, 0.3) is 0 Å². The molecule has 3 heterocycles. The highest BCUT2D eigenvalue weighted by Gasteiger charge is 2.20. The van der Waals surface area contributed by atoms with Gasteiger partial charge in [-0.1, -0.05) is 11.6 Å². The fourth-order valence-electron chi connectivity index (χ4n) is 1.99. The average molecular weight is 253 g/mol. The predicted octanol–water partition coefficient (Wildman–Crippen LogP) is 2.09. The molecule has 0 fully saturated rings. The van der Waals surface area contributed by atoms with Gasteiger partial charge in [-0.2, -0.15) is 0 Å². The molecule has 0 saturated heterocycles. The third kappa shape index (κ3) is 1.86. The van der Waals surface area contributed by atoms with Gasteiger partial charge >= 0.3 is 0 Å². The van der Waals surface area contributed by atoms with Crippen LogP contribution in [0.4, 0.5) is 10.2 Å². The van der Waals surface area contributed by atoms with Crippen LogP contribution < -0.4 is 4.90 Å². The zero-order valence-corrected chi connectivity index (χ0v) is 9.73. The first-order valence-corrected chi connectivity index (χ1v) is 5.68. The van der Waals surface area contributed by atoms with Gasteiger partial charge in [-0.05, 0) is 6.07 Å². The normalized spacial score (nSPS) is 14.8. The van der Waals surface area contributed by atoms with Crippen LogP contribution in [0.2, 0.25) is 5.02 Å². The maximum Gasteiger partial charge on any atom is 0.167 e. The summed E-state index contributed by atoms with van der Waals surface area (Å²) in [5.41, 5.74) is 0. The summed E-state index contributed by atoms with van der Waals surface area (Å²) >= 11 is 5.68. The van der Waals surface area contributed by atoms with Gasteiger partial charge in [0.05, 0.1) is 11.6 Å². The fourth-order valence-corrected chi connectivity index (χ4v) is 2.14. The molecule has 4 nitrogen and oxygen atoms in total. The van der Waals surface area contributed by atoms with Crippen molar-refractivity contribution in [3.05, 3.63) is 41.3 Å². The van der Waals surface area contributed by atoms with Crippen molar-refractivity contribution in [3.8, 4) is 0 Å². The Hall–Kier alpha value is -1.62. The molecular formula is C11H10ClFN4. The molecule has 0 spiro atoms. The Labute approximate surface area is 103 Å². The van der Waals surface area contributed by atoms with Gasteiger partial charge in [-0.25, -0.2) is 14.4 Å². The van der Waals surface area contributed by atoms with Crippen molar-refractivity contribution in [1.82, 2.24) is 14.5 Å². The summed E-state index contributed by atoms with van der Waals surface area (Å²) in [6.07, 6.45) is 5.14. The van der Waals surface area contributed by atoms with Crippen molar-refractivity contribution in [2.75, 3.05) is 11.4 Å². The van der Waals surface area contributed by atoms with E-state index < -0.39 is 5.82 Å². The molecule has 2 aromatic heterocycles. The minimum absolute atomic E-state index is 0.310. The molecule has 17 heavy (non-hydrogen) atoms. The van der Waals surface area contributed by atoms with E-state index in [-0.39, 0.29) is 0 Å². The van der Waals surface area contributed by atoms with Crippen LogP contribution in [0, 0.1) is 5.82 Å². The van der Waals surface area contributed by atoms with Crippen LogP contribution in [0.15, 0.2) is 24.7 Å². The lowest BCUT2D eigenvalue weighted by atomic mass is 10.3. The number of hydrogen-bond donors (Lipinski definition) is 0. The molecule has 1 aliphatic rings. The number of aromatic nitrogens is 3. The molecule has 2 aromatic rings. The Bertz CT molecular complexity index is 554. The summed E-state index contributed by atoms with van der Waals surface area (Å²) in [5, 5.41) is 0.310. The van der Waals surface area contributed by atoms with Gasteiger partial charge in [0.1, 0.15) is 5.82 Å². The molecule has 6 heteroatoms. The highest BCUT2D eigenvalue weighted by Crippen LogP contribution is 2.23. The number of pyridine rings is 1. The van der Waals surface area contributed by atoms with Crippen LogP contribution >= 0.6 is 11.6 Å². The molecule has 0 aromatic carbocycles. The Kier molecular flexibility index (Phi) is 2.48. The van der Waals surface area contributed by atoms with Gasteiger partial charge in [-0.3, -0.25) is 0 Å². The highest BCUT2D eigenvalue weighted by atomic mass is 35.5. The summed E-state index contributed by atoms with van der Waals surface area (Å²) in [6, 6.07) is 1.28. The van der Waals surface area contributed by atoms with E-state index in [0.29, 0.717) is 17.4 Å². The van der Waals surface area contributed by atoms with Crippen molar-refractivity contribution >= 4 is 17.4 Å². The molecule has 0 unspecified atom stereocenters. The van der Waals surface area contributed by atoms with Crippen LogP contribution in [0.5, 0.6) is 0 Å². The number of anilines is 1. The second-order valence-electron chi connectivity index (χ2n) is 3.92. The number of fused-ring (bicyclic) bond motifs is 1. The predicted molar refractivity (Wildman–Crippen MR) is 62.5 cm³/mol. The molecule has 0 bridgehead atoms. The molecule has 0 saturated carbocycles. The summed E-state index contributed by atoms with van der Waals surface area (Å²) in [5.74, 6) is 0.869. The topological polar surface area (TPSA) is 34.0 Å². The third-order valence-electron chi connectivity index (χ3n) is 2.83. The first kappa shape index (κ1) is 10.5. The second kappa shape index (κ2) is 4.00. The molecule has 0 atom stereocenters. The largest absolute Gasteiger partial charge is 0.345 e. The van der Waals surface area contributed by atoms with Crippen molar-refractivity contribution < 1.29 is 4.39 Å². The quantitative estimate of drug-likeness (QED) is 0.779. The van der Waals surface area contributed by atoms with Gasteiger partial charge in [0.25, 0.3) is 0 Å². The summed E-state index contributed by atoms with van der Waals surface area (Å²) in [6.45, 7) is 2.08. The summed E-state index contributed by atoms with van der Waals surface area (Å²) < 4.78 is 15.8. The molecule has 0 amide bonds. The summed E-state index contributed by atoms with van der Waals surface area (Å²) in [4.78, 5) is 10.1. The Morgan fingerprint density at radius 1 is 1.29 bits per heavy atom. The van der Waals surface area contributed by atoms with Crippen LogP contribution in [-0.2, 0) is 13.1 Å². The third-order valence-corrected chi connectivity index (χ3v) is 3.04. The number of nitrogens with zero attached hydrogens (tertiary/aromatic N) is 4. The lowest BCUT2D eigenvalue weighted by molar-refractivity contribution is 0.537. The molecule has 0 aliphatic carbocycles. The standard InChI is InChI=1S/C11H10ClFN4/c12-8-5-9(13)11(15-6-8)17-4-3-16-2-1-14-10(16)7-17/h1-2,5-6H,3-4,7H2.